The van der Waals surface area contributed by atoms with Gasteiger partial charge in [-0.2, -0.15) is 0 Å². The van der Waals surface area contributed by atoms with E-state index in [-0.39, 0.29) is 17.8 Å². The summed E-state index contributed by atoms with van der Waals surface area (Å²) in [6.45, 7) is 4.12. The van der Waals surface area contributed by atoms with Crippen LogP contribution in [0.5, 0.6) is 11.5 Å². The Balaban J connectivity index is 0.979. The highest BCUT2D eigenvalue weighted by Crippen LogP contribution is 2.38. The first-order chi connectivity index (χ1) is 17.7. The molecular weight excluding hydrogens is 452 g/mol. The molecule has 1 fully saturated rings. The zero-order chi connectivity index (χ0) is 24.5. The lowest BCUT2D eigenvalue weighted by Gasteiger charge is -2.35. The van der Waals surface area contributed by atoms with Crippen LogP contribution in [-0.2, 0) is 0 Å². The highest BCUT2D eigenvalue weighted by Gasteiger charge is 2.31. The number of fused-ring (bicyclic) bond motifs is 4. The van der Waals surface area contributed by atoms with Gasteiger partial charge in [0.2, 0.25) is 0 Å². The lowest BCUT2D eigenvalue weighted by molar-refractivity contribution is 0.0472. The minimum absolute atomic E-state index is 0.0530. The Kier molecular flexibility index (Phi) is 6.20. The second-order valence-corrected chi connectivity index (χ2v) is 9.89. The Morgan fingerprint density at radius 1 is 0.889 bits per heavy atom. The molecule has 0 radical (unpaired) electrons. The van der Waals surface area contributed by atoms with E-state index in [0.717, 1.165) is 61.5 Å². The fourth-order valence-corrected chi connectivity index (χ4v) is 5.65. The minimum Gasteiger partial charge on any atom is -0.486 e. The molecule has 1 atom stereocenters. The second kappa shape index (κ2) is 9.78. The van der Waals surface area contributed by atoms with Crippen LogP contribution in [0.15, 0.2) is 66.7 Å². The number of nitrogens with zero attached hydrogens (tertiary/aromatic N) is 1. The molecule has 6 nitrogen and oxygen atoms in total. The van der Waals surface area contributed by atoms with Crippen LogP contribution in [0.3, 0.4) is 0 Å². The molecule has 1 N–H and O–H groups in total. The van der Waals surface area contributed by atoms with Gasteiger partial charge in [-0.3, -0.25) is 14.5 Å². The van der Waals surface area contributed by atoms with Crippen molar-refractivity contribution in [3.8, 4) is 22.6 Å². The van der Waals surface area contributed by atoms with E-state index >= 15 is 0 Å². The maximum absolute atomic E-state index is 13.0. The summed E-state index contributed by atoms with van der Waals surface area (Å²) < 4.78 is 12.0. The number of ether oxygens (including phenoxy) is 2. The standard InChI is InChI=1S/C30H30N2O4/c33-29-24-7-2-1-6-22(24)23-8-5-9-25(28(23)29)30(34)31-15-12-20-13-16-32(17-14-20)18-21-19-35-26-10-3-4-11-27(26)36-21/h1-11,20-21H,12-19H2,(H,31,34)/t21-/m0/s1. The molecule has 2 heterocycles. The monoisotopic (exact) mass is 482 g/mol. The van der Waals surface area contributed by atoms with Crippen molar-refractivity contribution in [1.82, 2.24) is 10.2 Å². The van der Waals surface area contributed by atoms with Crippen LogP contribution in [0, 0.1) is 5.92 Å². The van der Waals surface area contributed by atoms with E-state index in [1.165, 1.54) is 0 Å². The number of amides is 1. The number of ketones is 1. The van der Waals surface area contributed by atoms with Crippen LogP contribution in [0.1, 0.15) is 45.5 Å². The highest BCUT2D eigenvalue weighted by atomic mass is 16.6. The fraction of sp³-hybridized carbons (Fsp3) is 0.333. The molecule has 0 saturated carbocycles. The first-order valence-electron chi connectivity index (χ1n) is 12.8. The summed E-state index contributed by atoms with van der Waals surface area (Å²) in [5.41, 5.74) is 3.44. The Bertz CT molecular complexity index is 1300. The Morgan fingerprint density at radius 2 is 1.61 bits per heavy atom. The third-order valence-electron chi connectivity index (χ3n) is 7.57. The summed E-state index contributed by atoms with van der Waals surface area (Å²) >= 11 is 0. The summed E-state index contributed by atoms with van der Waals surface area (Å²) in [7, 11) is 0. The topological polar surface area (TPSA) is 67.9 Å². The average molecular weight is 483 g/mol. The van der Waals surface area contributed by atoms with Gasteiger partial charge in [0.05, 0.1) is 5.56 Å². The van der Waals surface area contributed by atoms with Gasteiger partial charge >= 0.3 is 0 Å². The molecule has 1 aliphatic carbocycles. The molecule has 0 bridgehead atoms. The van der Waals surface area contributed by atoms with Gasteiger partial charge in [0.25, 0.3) is 5.91 Å². The zero-order valence-corrected chi connectivity index (χ0v) is 20.2. The molecule has 36 heavy (non-hydrogen) atoms. The number of para-hydroxylation sites is 2. The van der Waals surface area contributed by atoms with Crippen molar-refractivity contribution in [2.75, 3.05) is 32.8 Å². The van der Waals surface area contributed by atoms with E-state index in [0.29, 0.717) is 35.8 Å². The third kappa shape index (κ3) is 4.37. The predicted molar refractivity (Wildman–Crippen MR) is 138 cm³/mol. The van der Waals surface area contributed by atoms with Crippen molar-refractivity contribution >= 4 is 11.7 Å². The molecule has 3 aliphatic rings. The summed E-state index contributed by atoms with van der Waals surface area (Å²) in [5, 5.41) is 3.07. The van der Waals surface area contributed by atoms with Gasteiger partial charge in [0, 0.05) is 24.2 Å². The van der Waals surface area contributed by atoms with Gasteiger partial charge in [-0.25, -0.2) is 0 Å². The van der Waals surface area contributed by atoms with E-state index in [4.69, 9.17) is 9.47 Å². The van der Waals surface area contributed by atoms with Crippen molar-refractivity contribution in [1.29, 1.82) is 0 Å². The number of rotatable bonds is 6. The molecule has 2 aliphatic heterocycles. The average Bonchev–Trinajstić information content (AvgIpc) is 3.22. The predicted octanol–water partition coefficient (Wildman–Crippen LogP) is 4.57. The first kappa shape index (κ1) is 22.8. The lowest BCUT2D eigenvalue weighted by Crippen LogP contribution is -2.44. The smallest absolute Gasteiger partial charge is 0.252 e. The SMILES string of the molecule is O=C(NCCC1CCN(C[C@H]2COc3ccccc3O2)CC1)c1cccc2c1C(=O)c1ccccc1-2. The van der Waals surface area contributed by atoms with E-state index in [1.807, 2.05) is 60.7 Å². The van der Waals surface area contributed by atoms with Gasteiger partial charge in [-0.15, -0.1) is 0 Å². The second-order valence-electron chi connectivity index (χ2n) is 9.89. The summed E-state index contributed by atoms with van der Waals surface area (Å²) in [6.07, 6.45) is 3.21. The maximum atomic E-state index is 13.0. The van der Waals surface area contributed by atoms with Crippen molar-refractivity contribution < 1.29 is 19.1 Å². The van der Waals surface area contributed by atoms with Gasteiger partial charge in [-0.05, 0) is 67.6 Å². The lowest BCUT2D eigenvalue weighted by atomic mass is 9.93. The van der Waals surface area contributed by atoms with Crippen molar-refractivity contribution in [2.24, 2.45) is 5.92 Å². The van der Waals surface area contributed by atoms with Crippen molar-refractivity contribution in [3.05, 3.63) is 83.4 Å². The van der Waals surface area contributed by atoms with Crippen LogP contribution >= 0.6 is 0 Å². The van der Waals surface area contributed by atoms with Gasteiger partial charge in [0.15, 0.2) is 17.3 Å². The minimum atomic E-state index is -0.167. The molecule has 6 rings (SSSR count). The number of benzene rings is 3. The number of hydrogen-bond donors (Lipinski definition) is 1. The molecule has 0 unspecified atom stereocenters. The van der Waals surface area contributed by atoms with Crippen LogP contribution in [0.4, 0.5) is 0 Å². The number of likely N-dealkylation sites (tertiary alicyclic amines) is 1. The van der Waals surface area contributed by atoms with E-state index in [9.17, 15) is 9.59 Å². The van der Waals surface area contributed by atoms with Crippen LogP contribution < -0.4 is 14.8 Å². The van der Waals surface area contributed by atoms with E-state index in [1.54, 1.807) is 6.07 Å². The Labute approximate surface area is 211 Å². The van der Waals surface area contributed by atoms with Crippen LogP contribution in [-0.4, -0.2) is 55.5 Å². The van der Waals surface area contributed by atoms with Crippen molar-refractivity contribution in [3.63, 3.8) is 0 Å². The summed E-state index contributed by atoms with van der Waals surface area (Å²) in [6, 6.07) is 20.9. The number of nitrogens with one attached hydrogen (secondary N) is 1. The number of hydrogen-bond acceptors (Lipinski definition) is 5. The molecule has 3 aromatic carbocycles. The molecule has 184 valence electrons. The zero-order valence-electron chi connectivity index (χ0n) is 20.2. The maximum Gasteiger partial charge on any atom is 0.252 e. The van der Waals surface area contributed by atoms with E-state index < -0.39 is 0 Å². The number of piperidine rings is 1. The molecule has 3 aromatic rings. The van der Waals surface area contributed by atoms with Crippen LogP contribution in [0.25, 0.3) is 11.1 Å². The van der Waals surface area contributed by atoms with Crippen molar-refractivity contribution in [2.45, 2.75) is 25.4 Å². The van der Waals surface area contributed by atoms with Crippen LogP contribution in [0.2, 0.25) is 0 Å². The Morgan fingerprint density at radius 3 is 2.44 bits per heavy atom. The Hall–Kier alpha value is -3.64. The normalized spacial score (nSPS) is 19.0. The van der Waals surface area contributed by atoms with Gasteiger partial charge in [-0.1, -0.05) is 48.5 Å². The third-order valence-corrected chi connectivity index (χ3v) is 7.57. The molecule has 1 saturated heterocycles. The fourth-order valence-electron chi connectivity index (χ4n) is 5.65. The quantitative estimate of drug-likeness (QED) is 0.436. The van der Waals surface area contributed by atoms with Gasteiger partial charge in [0.1, 0.15) is 12.7 Å². The highest BCUT2D eigenvalue weighted by molar-refractivity contribution is 6.25. The summed E-state index contributed by atoms with van der Waals surface area (Å²) in [4.78, 5) is 28.4. The molecule has 0 aromatic heterocycles. The number of carbonyl (C=O) groups is 2. The molecule has 0 spiro atoms. The largest absolute Gasteiger partial charge is 0.486 e. The van der Waals surface area contributed by atoms with E-state index in [2.05, 4.69) is 10.2 Å². The molecular formula is C30H30N2O4. The molecule has 6 heteroatoms. The summed E-state index contributed by atoms with van der Waals surface area (Å²) in [5.74, 6) is 2.01. The number of carbonyl (C=O) groups excluding carboxylic acids is 2. The van der Waals surface area contributed by atoms with Gasteiger partial charge < -0.3 is 14.8 Å². The first-order valence-corrected chi connectivity index (χ1v) is 12.8. The molecule has 1 amide bonds.